The monoisotopic (exact) mass is 228 g/mol. The van der Waals surface area contributed by atoms with E-state index in [2.05, 4.69) is 24.1 Å². The standard InChI is InChI=1S/C13H28N2O/c1-4-16-10-6-8-14-11-13(3)15-9-5-7-12(15)2/h12-14H,4-11H2,1-3H3. The lowest BCUT2D eigenvalue weighted by Gasteiger charge is -2.28. The minimum absolute atomic E-state index is 0.671. The first-order chi connectivity index (χ1) is 7.75. The molecule has 0 radical (unpaired) electrons. The molecule has 1 rings (SSSR count). The molecule has 3 nitrogen and oxygen atoms in total. The van der Waals surface area contributed by atoms with Gasteiger partial charge in [0.2, 0.25) is 0 Å². The minimum atomic E-state index is 0.671. The average molecular weight is 228 g/mol. The lowest BCUT2D eigenvalue weighted by atomic mass is 10.2. The van der Waals surface area contributed by atoms with E-state index in [1.54, 1.807) is 0 Å². The molecule has 0 aromatic heterocycles. The zero-order valence-corrected chi connectivity index (χ0v) is 11.2. The summed E-state index contributed by atoms with van der Waals surface area (Å²) in [6.07, 6.45) is 3.86. The van der Waals surface area contributed by atoms with Crippen molar-refractivity contribution in [2.45, 2.75) is 52.1 Å². The second-order valence-electron chi connectivity index (χ2n) is 4.83. The molecule has 0 aromatic rings. The Bertz CT molecular complexity index is 175. The van der Waals surface area contributed by atoms with E-state index in [1.807, 2.05) is 6.92 Å². The lowest BCUT2D eigenvalue weighted by molar-refractivity contribution is 0.143. The molecule has 1 aliphatic heterocycles. The normalized spacial score (nSPS) is 23.8. The van der Waals surface area contributed by atoms with Crippen LogP contribution in [0.5, 0.6) is 0 Å². The summed E-state index contributed by atoms with van der Waals surface area (Å²) in [7, 11) is 0. The first-order valence-electron chi connectivity index (χ1n) is 6.80. The van der Waals surface area contributed by atoms with Gasteiger partial charge in [-0.3, -0.25) is 4.90 Å². The predicted octanol–water partition coefficient (Wildman–Crippen LogP) is 1.88. The van der Waals surface area contributed by atoms with E-state index in [-0.39, 0.29) is 0 Å². The average Bonchev–Trinajstić information content (AvgIpc) is 2.69. The maximum absolute atomic E-state index is 5.31. The van der Waals surface area contributed by atoms with Crippen LogP contribution in [0.15, 0.2) is 0 Å². The highest BCUT2D eigenvalue weighted by Gasteiger charge is 2.24. The number of likely N-dealkylation sites (tertiary alicyclic amines) is 1. The Morgan fingerprint density at radius 1 is 1.50 bits per heavy atom. The molecule has 1 N–H and O–H groups in total. The van der Waals surface area contributed by atoms with E-state index < -0.39 is 0 Å². The van der Waals surface area contributed by atoms with Gasteiger partial charge in [-0.15, -0.1) is 0 Å². The molecule has 0 aliphatic carbocycles. The van der Waals surface area contributed by atoms with Crippen molar-refractivity contribution < 1.29 is 4.74 Å². The highest BCUT2D eigenvalue weighted by atomic mass is 16.5. The van der Waals surface area contributed by atoms with Crippen molar-refractivity contribution in [1.82, 2.24) is 10.2 Å². The summed E-state index contributed by atoms with van der Waals surface area (Å²) in [6, 6.07) is 1.45. The predicted molar refractivity (Wildman–Crippen MR) is 68.8 cm³/mol. The van der Waals surface area contributed by atoms with Gasteiger partial charge in [0.25, 0.3) is 0 Å². The topological polar surface area (TPSA) is 24.5 Å². The fraction of sp³-hybridized carbons (Fsp3) is 1.00. The van der Waals surface area contributed by atoms with Crippen molar-refractivity contribution >= 4 is 0 Å². The van der Waals surface area contributed by atoms with Gasteiger partial charge in [0.05, 0.1) is 0 Å². The van der Waals surface area contributed by atoms with E-state index in [1.165, 1.54) is 19.4 Å². The molecule has 1 heterocycles. The van der Waals surface area contributed by atoms with Crippen molar-refractivity contribution in [3.63, 3.8) is 0 Å². The molecule has 0 spiro atoms. The Morgan fingerprint density at radius 2 is 2.31 bits per heavy atom. The van der Waals surface area contributed by atoms with Gasteiger partial charge in [-0.25, -0.2) is 0 Å². The van der Waals surface area contributed by atoms with Crippen LogP contribution < -0.4 is 5.32 Å². The second kappa shape index (κ2) is 8.04. The SMILES string of the molecule is CCOCCCNCC(C)N1CCCC1C. The third-order valence-corrected chi connectivity index (χ3v) is 3.46. The molecule has 0 aromatic carbocycles. The molecule has 2 unspecified atom stereocenters. The molecule has 96 valence electrons. The summed E-state index contributed by atoms with van der Waals surface area (Å²) >= 11 is 0. The lowest BCUT2D eigenvalue weighted by Crippen LogP contribution is -2.42. The van der Waals surface area contributed by atoms with Crippen LogP contribution >= 0.6 is 0 Å². The molecule has 0 bridgehead atoms. The van der Waals surface area contributed by atoms with Gasteiger partial charge < -0.3 is 10.1 Å². The van der Waals surface area contributed by atoms with Crippen LogP contribution in [0.1, 0.15) is 40.0 Å². The van der Waals surface area contributed by atoms with Gasteiger partial charge in [0.15, 0.2) is 0 Å². The molecule has 1 fully saturated rings. The molecule has 2 atom stereocenters. The number of hydrogen-bond acceptors (Lipinski definition) is 3. The summed E-state index contributed by atoms with van der Waals surface area (Å²) in [5.41, 5.74) is 0. The molecule has 1 aliphatic rings. The van der Waals surface area contributed by atoms with Gasteiger partial charge >= 0.3 is 0 Å². The summed E-state index contributed by atoms with van der Waals surface area (Å²) in [4.78, 5) is 2.62. The van der Waals surface area contributed by atoms with Crippen LogP contribution in [-0.4, -0.2) is 49.8 Å². The molecule has 0 amide bonds. The van der Waals surface area contributed by atoms with Crippen molar-refractivity contribution in [3.8, 4) is 0 Å². The van der Waals surface area contributed by atoms with E-state index in [9.17, 15) is 0 Å². The summed E-state index contributed by atoms with van der Waals surface area (Å²) in [6.45, 7) is 11.9. The highest BCUT2D eigenvalue weighted by Crippen LogP contribution is 2.18. The Balaban J connectivity index is 1.99. The molecule has 1 saturated heterocycles. The molecular weight excluding hydrogens is 200 g/mol. The van der Waals surface area contributed by atoms with Crippen molar-refractivity contribution in [3.05, 3.63) is 0 Å². The van der Waals surface area contributed by atoms with Crippen LogP contribution in [0.25, 0.3) is 0 Å². The fourth-order valence-electron chi connectivity index (χ4n) is 2.48. The quantitative estimate of drug-likeness (QED) is 0.642. The van der Waals surface area contributed by atoms with E-state index in [0.29, 0.717) is 6.04 Å². The fourth-order valence-corrected chi connectivity index (χ4v) is 2.48. The second-order valence-corrected chi connectivity index (χ2v) is 4.83. The van der Waals surface area contributed by atoms with E-state index >= 15 is 0 Å². The highest BCUT2D eigenvalue weighted by molar-refractivity contribution is 4.80. The summed E-state index contributed by atoms with van der Waals surface area (Å²) < 4.78 is 5.31. The Kier molecular flexibility index (Phi) is 7.01. The smallest absolute Gasteiger partial charge is 0.0477 e. The van der Waals surface area contributed by atoms with Gasteiger partial charge in [-0.2, -0.15) is 0 Å². The number of rotatable bonds is 8. The van der Waals surface area contributed by atoms with Crippen LogP contribution in [-0.2, 0) is 4.74 Å². The number of hydrogen-bond donors (Lipinski definition) is 1. The van der Waals surface area contributed by atoms with Gasteiger partial charge in [0.1, 0.15) is 0 Å². The van der Waals surface area contributed by atoms with Crippen molar-refractivity contribution in [2.75, 3.05) is 32.8 Å². The zero-order valence-electron chi connectivity index (χ0n) is 11.2. The van der Waals surface area contributed by atoms with Crippen LogP contribution in [0.3, 0.4) is 0 Å². The Morgan fingerprint density at radius 3 is 2.94 bits per heavy atom. The van der Waals surface area contributed by atoms with Crippen molar-refractivity contribution in [1.29, 1.82) is 0 Å². The summed E-state index contributed by atoms with van der Waals surface area (Å²) in [5.74, 6) is 0. The van der Waals surface area contributed by atoms with Crippen LogP contribution in [0, 0.1) is 0 Å². The van der Waals surface area contributed by atoms with Crippen molar-refractivity contribution in [2.24, 2.45) is 0 Å². The molecule has 0 saturated carbocycles. The number of nitrogens with zero attached hydrogens (tertiary/aromatic N) is 1. The van der Waals surface area contributed by atoms with E-state index in [4.69, 9.17) is 4.74 Å². The third-order valence-electron chi connectivity index (χ3n) is 3.46. The maximum atomic E-state index is 5.31. The minimum Gasteiger partial charge on any atom is -0.382 e. The van der Waals surface area contributed by atoms with Crippen LogP contribution in [0.2, 0.25) is 0 Å². The molecule has 16 heavy (non-hydrogen) atoms. The zero-order chi connectivity index (χ0) is 11.8. The van der Waals surface area contributed by atoms with Crippen LogP contribution in [0.4, 0.5) is 0 Å². The number of nitrogens with one attached hydrogen (secondary N) is 1. The largest absolute Gasteiger partial charge is 0.382 e. The molecular formula is C13H28N2O. The van der Waals surface area contributed by atoms with Gasteiger partial charge in [-0.1, -0.05) is 0 Å². The Labute approximate surface area is 101 Å². The molecule has 3 heteroatoms. The van der Waals surface area contributed by atoms with Gasteiger partial charge in [-0.05, 0) is 53.1 Å². The summed E-state index contributed by atoms with van der Waals surface area (Å²) in [5, 5.41) is 3.52. The van der Waals surface area contributed by atoms with E-state index in [0.717, 1.165) is 38.8 Å². The maximum Gasteiger partial charge on any atom is 0.0477 e. The third kappa shape index (κ3) is 4.81. The first-order valence-corrected chi connectivity index (χ1v) is 6.80. The Hall–Kier alpha value is -0.120. The number of ether oxygens (including phenoxy) is 1. The first kappa shape index (κ1) is 13.9. The van der Waals surface area contributed by atoms with Gasteiger partial charge in [0, 0.05) is 31.8 Å².